The Morgan fingerprint density at radius 3 is 2.52 bits per heavy atom. The molecule has 0 fully saturated rings. The Bertz CT molecular complexity index is 635. The van der Waals surface area contributed by atoms with Gasteiger partial charge in [-0.15, -0.1) is 0 Å². The lowest BCUT2D eigenvalue weighted by Crippen LogP contribution is -2.08. The van der Waals surface area contributed by atoms with Gasteiger partial charge >= 0.3 is 0 Å². The van der Waals surface area contributed by atoms with Gasteiger partial charge in [0.05, 0.1) is 31.3 Å². The van der Waals surface area contributed by atoms with E-state index >= 15 is 0 Å². The number of ether oxygens (including phenoxy) is 2. The number of methoxy groups -OCH3 is 2. The third kappa shape index (κ3) is 2.89. The maximum Gasteiger partial charge on any atom is 0.152 e. The summed E-state index contributed by atoms with van der Waals surface area (Å²) in [6.07, 6.45) is 0. The predicted molar refractivity (Wildman–Crippen MR) is 84.6 cm³/mol. The summed E-state index contributed by atoms with van der Waals surface area (Å²) in [6, 6.07) is 5.75. The van der Waals surface area contributed by atoms with Crippen LogP contribution in [0.25, 0.3) is 0 Å². The first-order valence-electron chi connectivity index (χ1n) is 6.81. The van der Waals surface area contributed by atoms with Crippen molar-refractivity contribution in [2.24, 2.45) is 0 Å². The molecule has 0 aliphatic rings. The number of aryl methyl sites for hydroxylation is 1. The third-order valence-corrected chi connectivity index (χ3v) is 3.28. The molecule has 1 aromatic carbocycles. The Morgan fingerprint density at radius 2 is 1.95 bits per heavy atom. The highest BCUT2D eigenvalue weighted by molar-refractivity contribution is 5.75. The Morgan fingerprint density at radius 1 is 1.24 bits per heavy atom. The fraction of sp³-hybridized carbons (Fsp3) is 0.400. The molecule has 114 valence electrons. The normalized spacial score (nSPS) is 10.8. The van der Waals surface area contributed by atoms with Crippen molar-refractivity contribution in [2.45, 2.75) is 26.8 Å². The zero-order chi connectivity index (χ0) is 15.6. The minimum atomic E-state index is 0.195. The van der Waals surface area contributed by atoms with Gasteiger partial charge < -0.3 is 20.5 Å². The smallest absolute Gasteiger partial charge is 0.152 e. The number of nitrogens with zero attached hydrogens (tertiary/aromatic N) is 2. The van der Waals surface area contributed by atoms with Crippen LogP contribution in [-0.4, -0.2) is 24.0 Å². The number of hydrogen-bond acceptors (Lipinski definition) is 5. The monoisotopic (exact) mass is 290 g/mol. The van der Waals surface area contributed by atoms with Crippen molar-refractivity contribution < 1.29 is 9.47 Å². The van der Waals surface area contributed by atoms with Crippen LogP contribution in [0.3, 0.4) is 0 Å². The topological polar surface area (TPSA) is 74.3 Å². The zero-order valence-electron chi connectivity index (χ0n) is 13.1. The second-order valence-corrected chi connectivity index (χ2v) is 5.08. The highest BCUT2D eigenvalue weighted by Gasteiger charge is 2.16. The lowest BCUT2D eigenvalue weighted by Gasteiger charge is -2.16. The van der Waals surface area contributed by atoms with E-state index < -0.39 is 0 Å². The first kappa shape index (κ1) is 15.0. The molecule has 0 bridgehead atoms. The molecule has 3 N–H and O–H groups in total. The Hall–Kier alpha value is -2.37. The largest absolute Gasteiger partial charge is 0.497 e. The quantitative estimate of drug-likeness (QED) is 0.885. The van der Waals surface area contributed by atoms with Crippen molar-refractivity contribution in [3.05, 3.63) is 23.9 Å². The van der Waals surface area contributed by atoms with E-state index in [1.54, 1.807) is 14.2 Å². The van der Waals surface area contributed by atoms with E-state index in [-0.39, 0.29) is 6.04 Å². The van der Waals surface area contributed by atoms with Crippen LogP contribution in [0.1, 0.15) is 25.6 Å². The van der Waals surface area contributed by atoms with Crippen LogP contribution in [-0.2, 0) is 0 Å². The van der Waals surface area contributed by atoms with Gasteiger partial charge in [-0.05, 0) is 32.9 Å². The number of nitrogen functional groups attached to an aromatic ring is 1. The van der Waals surface area contributed by atoms with Crippen LogP contribution in [0.5, 0.6) is 11.5 Å². The standard InChI is InChI=1S/C15H22N4O2/c1-9(2)19-15(14(16)10(3)18-19)17-12-8-11(20-4)6-7-13(12)21-5/h6-9,17H,16H2,1-5H3. The average molecular weight is 290 g/mol. The Labute approximate surface area is 124 Å². The molecule has 0 unspecified atom stereocenters. The summed E-state index contributed by atoms with van der Waals surface area (Å²) in [5, 5.41) is 7.77. The lowest BCUT2D eigenvalue weighted by molar-refractivity contribution is 0.404. The average Bonchev–Trinajstić information content (AvgIpc) is 2.75. The molecule has 6 nitrogen and oxygen atoms in total. The maximum atomic E-state index is 6.13. The lowest BCUT2D eigenvalue weighted by atomic mass is 10.2. The van der Waals surface area contributed by atoms with Gasteiger partial charge in [-0.3, -0.25) is 0 Å². The number of aromatic nitrogens is 2. The van der Waals surface area contributed by atoms with Crippen LogP contribution in [0, 0.1) is 6.92 Å². The van der Waals surface area contributed by atoms with Gasteiger partial charge in [-0.2, -0.15) is 5.10 Å². The van der Waals surface area contributed by atoms with E-state index in [4.69, 9.17) is 15.2 Å². The summed E-state index contributed by atoms with van der Waals surface area (Å²) in [5.41, 5.74) is 8.35. The zero-order valence-corrected chi connectivity index (χ0v) is 13.1. The van der Waals surface area contributed by atoms with Crippen LogP contribution >= 0.6 is 0 Å². The number of benzene rings is 1. The molecule has 0 radical (unpaired) electrons. The number of anilines is 3. The first-order chi connectivity index (χ1) is 9.97. The van der Waals surface area contributed by atoms with Crippen molar-refractivity contribution in [3.8, 4) is 11.5 Å². The molecule has 6 heteroatoms. The number of hydrogen-bond donors (Lipinski definition) is 2. The van der Waals surface area contributed by atoms with Crippen LogP contribution in [0.2, 0.25) is 0 Å². The van der Waals surface area contributed by atoms with E-state index in [9.17, 15) is 0 Å². The molecule has 2 rings (SSSR count). The van der Waals surface area contributed by atoms with Crippen LogP contribution in [0.4, 0.5) is 17.2 Å². The van der Waals surface area contributed by atoms with Crippen molar-refractivity contribution in [2.75, 3.05) is 25.3 Å². The Kier molecular flexibility index (Phi) is 4.26. The summed E-state index contributed by atoms with van der Waals surface area (Å²) in [6.45, 7) is 6.00. The van der Waals surface area contributed by atoms with Gasteiger partial charge in [0.25, 0.3) is 0 Å². The molecule has 2 aromatic rings. The molecule has 1 heterocycles. The predicted octanol–water partition coefficient (Wildman–Crippen LogP) is 3.12. The second kappa shape index (κ2) is 5.95. The SMILES string of the molecule is COc1ccc(OC)c(Nc2c(N)c(C)nn2C(C)C)c1. The van der Waals surface area contributed by atoms with Crippen molar-refractivity contribution in [1.29, 1.82) is 0 Å². The Balaban J connectivity index is 2.47. The van der Waals surface area contributed by atoms with Gasteiger partial charge in [-0.1, -0.05) is 0 Å². The number of nitrogens with two attached hydrogens (primary N) is 1. The number of rotatable bonds is 5. The van der Waals surface area contributed by atoms with E-state index in [1.807, 2.05) is 29.8 Å². The second-order valence-electron chi connectivity index (χ2n) is 5.08. The summed E-state index contributed by atoms with van der Waals surface area (Å²) in [4.78, 5) is 0. The van der Waals surface area contributed by atoms with E-state index in [0.717, 1.165) is 22.9 Å². The molecule has 0 spiro atoms. The first-order valence-corrected chi connectivity index (χ1v) is 6.81. The van der Waals surface area contributed by atoms with E-state index in [0.29, 0.717) is 11.4 Å². The van der Waals surface area contributed by atoms with Crippen molar-refractivity contribution in [1.82, 2.24) is 9.78 Å². The van der Waals surface area contributed by atoms with Crippen LogP contribution < -0.4 is 20.5 Å². The molecular formula is C15H22N4O2. The van der Waals surface area contributed by atoms with Gasteiger partial charge in [0.2, 0.25) is 0 Å². The highest BCUT2D eigenvalue weighted by atomic mass is 16.5. The molecule has 21 heavy (non-hydrogen) atoms. The van der Waals surface area contributed by atoms with Gasteiger partial charge in [0.1, 0.15) is 11.5 Å². The van der Waals surface area contributed by atoms with Crippen molar-refractivity contribution >= 4 is 17.2 Å². The minimum Gasteiger partial charge on any atom is -0.497 e. The molecule has 0 atom stereocenters. The fourth-order valence-electron chi connectivity index (χ4n) is 2.10. The van der Waals surface area contributed by atoms with Gasteiger partial charge in [0.15, 0.2) is 5.82 Å². The summed E-state index contributed by atoms with van der Waals surface area (Å²) in [5.74, 6) is 2.21. The molecule has 0 aliphatic carbocycles. The summed E-state index contributed by atoms with van der Waals surface area (Å²) < 4.78 is 12.5. The third-order valence-electron chi connectivity index (χ3n) is 3.28. The minimum absolute atomic E-state index is 0.195. The van der Waals surface area contributed by atoms with Gasteiger partial charge in [0, 0.05) is 12.1 Å². The molecule has 0 aliphatic heterocycles. The summed E-state index contributed by atoms with van der Waals surface area (Å²) >= 11 is 0. The number of nitrogens with one attached hydrogen (secondary N) is 1. The molecule has 0 saturated carbocycles. The van der Waals surface area contributed by atoms with Gasteiger partial charge in [-0.25, -0.2) is 4.68 Å². The van der Waals surface area contributed by atoms with E-state index in [2.05, 4.69) is 24.3 Å². The molecular weight excluding hydrogens is 268 g/mol. The fourth-order valence-corrected chi connectivity index (χ4v) is 2.10. The molecule has 0 amide bonds. The van der Waals surface area contributed by atoms with Crippen LogP contribution in [0.15, 0.2) is 18.2 Å². The highest BCUT2D eigenvalue weighted by Crippen LogP contribution is 2.35. The molecule has 1 aromatic heterocycles. The summed E-state index contributed by atoms with van der Waals surface area (Å²) in [7, 11) is 3.25. The van der Waals surface area contributed by atoms with E-state index in [1.165, 1.54) is 0 Å². The maximum absolute atomic E-state index is 6.13. The molecule has 0 saturated heterocycles. The van der Waals surface area contributed by atoms with Crippen molar-refractivity contribution in [3.63, 3.8) is 0 Å².